The molecule has 1 aliphatic carbocycles. The largest absolute Gasteiger partial charge is 0.481 e. The summed E-state index contributed by atoms with van der Waals surface area (Å²) >= 11 is 14.1. The molecular formula is C39H38Cl2N6O6. The highest BCUT2D eigenvalue weighted by molar-refractivity contribution is 6.39. The number of methoxy groups -OCH3 is 1. The maximum absolute atomic E-state index is 13.2. The Morgan fingerprint density at radius 2 is 1.74 bits per heavy atom. The zero-order chi connectivity index (χ0) is 37.1. The standard InChI is InChI=1S/C39H38Cl2N6O6/c1-52-37-23(21-53-39(51)44-19-27-9-11-34(49)45-27)8-10-32(46-37)31-7-3-6-30(36(31)41)29-5-2-4-28(35(29)40)22-12-13-47-33(15-22)43-18-26(38(47)50)17-42-16-24-14-25(24)20-48/h2-8,10,12-13,15,18,24-25,27,42,48H,9,11,14,16-17,19-21H2,1H3,(H,44,51)(H,45,49). The number of carbonyl (C=O) groups excluding carboxylic acids is 2. The quantitative estimate of drug-likeness (QED) is 0.120. The molecule has 2 aliphatic rings. The number of hydrogen-bond donors (Lipinski definition) is 4. The second kappa shape index (κ2) is 15.9. The van der Waals surface area contributed by atoms with Crippen LogP contribution in [-0.2, 0) is 22.7 Å². The van der Waals surface area contributed by atoms with E-state index in [4.69, 9.17) is 32.7 Å². The van der Waals surface area contributed by atoms with Gasteiger partial charge in [0, 0.05) is 72.4 Å². The summed E-state index contributed by atoms with van der Waals surface area (Å²) in [4.78, 5) is 46.2. The smallest absolute Gasteiger partial charge is 0.407 e. The van der Waals surface area contributed by atoms with Gasteiger partial charge in [0.25, 0.3) is 5.56 Å². The van der Waals surface area contributed by atoms with E-state index in [1.165, 1.54) is 11.5 Å². The Kier molecular flexibility index (Phi) is 10.9. The number of ether oxygens (including phenoxy) is 2. The summed E-state index contributed by atoms with van der Waals surface area (Å²) in [5.74, 6) is 1.07. The fourth-order valence-corrected chi connectivity index (χ4v) is 7.28. The minimum atomic E-state index is -0.610. The number of pyridine rings is 2. The monoisotopic (exact) mass is 756 g/mol. The van der Waals surface area contributed by atoms with Gasteiger partial charge in [0.1, 0.15) is 12.3 Å². The molecule has 4 heterocycles. The number of nitrogens with zero attached hydrogens (tertiary/aromatic N) is 3. The lowest BCUT2D eigenvalue weighted by Crippen LogP contribution is -2.38. The molecule has 0 spiro atoms. The average Bonchev–Trinajstić information content (AvgIpc) is 3.81. The van der Waals surface area contributed by atoms with Crippen LogP contribution in [0.3, 0.4) is 0 Å². The molecule has 3 aromatic heterocycles. The molecule has 274 valence electrons. The van der Waals surface area contributed by atoms with Crippen LogP contribution in [0.25, 0.3) is 39.2 Å². The number of rotatable bonds is 13. The van der Waals surface area contributed by atoms with Gasteiger partial charge in [-0.05, 0) is 61.1 Å². The van der Waals surface area contributed by atoms with Crippen molar-refractivity contribution in [2.45, 2.75) is 38.5 Å². The number of alkyl carbamates (subject to hydrolysis) is 1. The van der Waals surface area contributed by atoms with Crippen molar-refractivity contribution in [2.75, 3.05) is 26.8 Å². The van der Waals surface area contributed by atoms with Crippen molar-refractivity contribution >= 4 is 40.8 Å². The predicted octanol–water partition coefficient (Wildman–Crippen LogP) is 5.63. The highest BCUT2D eigenvalue weighted by Crippen LogP contribution is 2.42. The number of nitrogens with one attached hydrogen (secondary N) is 3. The molecule has 12 nitrogen and oxygen atoms in total. The van der Waals surface area contributed by atoms with Gasteiger partial charge in [-0.15, -0.1) is 0 Å². The summed E-state index contributed by atoms with van der Waals surface area (Å²) in [7, 11) is 1.49. The number of hydrogen-bond acceptors (Lipinski definition) is 9. The van der Waals surface area contributed by atoms with Gasteiger partial charge in [-0.1, -0.05) is 59.6 Å². The van der Waals surface area contributed by atoms with Gasteiger partial charge >= 0.3 is 6.09 Å². The summed E-state index contributed by atoms with van der Waals surface area (Å²) in [5.41, 5.74) is 5.62. The number of benzene rings is 2. The molecule has 0 radical (unpaired) electrons. The van der Waals surface area contributed by atoms with Crippen molar-refractivity contribution in [1.29, 1.82) is 0 Å². The Balaban J connectivity index is 1.07. The molecule has 7 rings (SSSR count). The van der Waals surface area contributed by atoms with Crippen molar-refractivity contribution in [3.05, 3.63) is 105 Å². The van der Waals surface area contributed by atoms with E-state index >= 15 is 0 Å². The minimum Gasteiger partial charge on any atom is -0.481 e. The second-order valence-electron chi connectivity index (χ2n) is 13.3. The summed E-state index contributed by atoms with van der Waals surface area (Å²) < 4.78 is 12.4. The Morgan fingerprint density at radius 1 is 0.981 bits per heavy atom. The van der Waals surface area contributed by atoms with E-state index in [9.17, 15) is 19.5 Å². The zero-order valence-corrected chi connectivity index (χ0v) is 30.4. The molecule has 5 aromatic rings. The molecule has 2 fully saturated rings. The third kappa shape index (κ3) is 8.01. The van der Waals surface area contributed by atoms with Crippen molar-refractivity contribution in [2.24, 2.45) is 11.8 Å². The fourth-order valence-electron chi connectivity index (χ4n) is 6.62. The highest BCUT2D eigenvalue weighted by atomic mass is 35.5. The lowest BCUT2D eigenvalue weighted by atomic mass is 9.97. The first-order valence-electron chi connectivity index (χ1n) is 17.4. The van der Waals surface area contributed by atoms with Gasteiger partial charge in [0.2, 0.25) is 11.8 Å². The van der Waals surface area contributed by atoms with Crippen LogP contribution in [0.4, 0.5) is 4.79 Å². The predicted molar refractivity (Wildman–Crippen MR) is 202 cm³/mol. The molecule has 1 saturated carbocycles. The van der Waals surface area contributed by atoms with Crippen LogP contribution >= 0.6 is 23.2 Å². The van der Waals surface area contributed by atoms with E-state index in [-0.39, 0.29) is 43.1 Å². The van der Waals surface area contributed by atoms with Crippen LogP contribution in [0.15, 0.2) is 77.9 Å². The van der Waals surface area contributed by atoms with Gasteiger partial charge in [0.05, 0.1) is 28.4 Å². The van der Waals surface area contributed by atoms with Gasteiger partial charge in [-0.25, -0.2) is 14.8 Å². The third-order valence-electron chi connectivity index (χ3n) is 9.75. The molecule has 1 aliphatic heterocycles. The van der Waals surface area contributed by atoms with E-state index in [1.54, 1.807) is 24.5 Å². The highest BCUT2D eigenvalue weighted by Gasteiger charge is 2.35. The Labute approximate surface area is 315 Å². The van der Waals surface area contributed by atoms with Crippen LogP contribution < -0.4 is 26.2 Å². The van der Waals surface area contributed by atoms with E-state index in [0.29, 0.717) is 80.4 Å². The summed E-state index contributed by atoms with van der Waals surface area (Å²) in [6.07, 6.45) is 4.83. The average molecular weight is 758 g/mol. The lowest BCUT2D eigenvalue weighted by molar-refractivity contribution is -0.119. The number of halogens is 2. The first-order valence-corrected chi connectivity index (χ1v) is 18.1. The van der Waals surface area contributed by atoms with Gasteiger partial charge in [-0.2, -0.15) is 0 Å². The number of aromatic nitrogens is 3. The Hall–Kier alpha value is -5.01. The SMILES string of the molecule is COc1nc(-c2cccc(-c3cccc(-c4ccn5c(=O)c(CNCC6CC6CO)cnc5c4)c3Cl)c2Cl)ccc1COC(=O)NCC1CCC(=O)N1. The van der Waals surface area contributed by atoms with Crippen molar-refractivity contribution in [3.8, 4) is 39.4 Å². The van der Waals surface area contributed by atoms with Crippen molar-refractivity contribution in [3.63, 3.8) is 0 Å². The molecule has 3 atom stereocenters. The molecule has 4 N–H and O–H groups in total. The van der Waals surface area contributed by atoms with Crippen molar-refractivity contribution < 1.29 is 24.2 Å². The van der Waals surface area contributed by atoms with Crippen LogP contribution in [-0.4, -0.2) is 64.3 Å². The van der Waals surface area contributed by atoms with Gasteiger partial charge in [-0.3, -0.25) is 14.0 Å². The summed E-state index contributed by atoms with van der Waals surface area (Å²) in [6.45, 7) is 1.58. The molecule has 2 amide bonds. The molecule has 3 unspecified atom stereocenters. The number of carbonyl (C=O) groups is 2. The maximum atomic E-state index is 13.2. The maximum Gasteiger partial charge on any atom is 0.407 e. The van der Waals surface area contributed by atoms with Gasteiger partial charge < -0.3 is 30.5 Å². The van der Waals surface area contributed by atoms with E-state index in [2.05, 4.69) is 25.9 Å². The van der Waals surface area contributed by atoms with Crippen molar-refractivity contribution in [1.82, 2.24) is 30.3 Å². The number of aliphatic hydroxyl groups excluding tert-OH is 1. The second-order valence-corrected chi connectivity index (χ2v) is 14.0. The molecule has 14 heteroatoms. The van der Waals surface area contributed by atoms with E-state index in [1.807, 2.05) is 48.5 Å². The Bertz CT molecular complexity index is 2250. The Morgan fingerprint density at radius 3 is 2.45 bits per heavy atom. The number of aliphatic hydroxyl groups is 1. The van der Waals surface area contributed by atoms with Crippen LogP contribution in [0.5, 0.6) is 5.88 Å². The zero-order valence-electron chi connectivity index (χ0n) is 28.9. The molecule has 53 heavy (non-hydrogen) atoms. The van der Waals surface area contributed by atoms with E-state index in [0.717, 1.165) is 24.1 Å². The third-order valence-corrected chi connectivity index (χ3v) is 10.6. The first-order chi connectivity index (χ1) is 25.7. The lowest BCUT2D eigenvalue weighted by Gasteiger charge is -2.15. The molecule has 0 bridgehead atoms. The fraction of sp³-hybridized carbons (Fsp3) is 0.308. The molecular weight excluding hydrogens is 719 g/mol. The van der Waals surface area contributed by atoms with E-state index < -0.39 is 6.09 Å². The minimum absolute atomic E-state index is 0.0247. The van der Waals surface area contributed by atoms with Crippen LogP contribution in [0, 0.1) is 11.8 Å². The topological polar surface area (TPSA) is 156 Å². The number of fused-ring (bicyclic) bond motifs is 1. The summed E-state index contributed by atoms with van der Waals surface area (Å²) in [6, 6.07) is 18.4. The molecule has 2 aromatic carbocycles. The van der Waals surface area contributed by atoms with Crippen LogP contribution in [0.2, 0.25) is 10.0 Å². The molecule has 1 saturated heterocycles. The van der Waals surface area contributed by atoms with Crippen LogP contribution in [0.1, 0.15) is 30.4 Å². The first kappa shape index (κ1) is 36.4. The number of amides is 2. The normalized spacial score (nSPS) is 17.8. The summed E-state index contributed by atoms with van der Waals surface area (Å²) in [5, 5.41) is 19.0. The van der Waals surface area contributed by atoms with Gasteiger partial charge in [0.15, 0.2) is 0 Å².